The molecule has 8 aromatic rings. The minimum atomic E-state index is 0.539. The van der Waals surface area contributed by atoms with Crippen LogP contribution in [0.5, 0.6) is 0 Å². The molecule has 304 valence electrons. The Morgan fingerprint density at radius 2 is 0.917 bits per heavy atom. The maximum absolute atomic E-state index is 6.56. The third-order valence-electron chi connectivity index (χ3n) is 11.3. The van der Waals surface area contributed by atoms with Gasteiger partial charge in [-0.05, 0) is 88.1 Å². The summed E-state index contributed by atoms with van der Waals surface area (Å²) >= 11 is 23.5. The molecular weight excluding hydrogens is 959 g/mol. The fourth-order valence-electron chi connectivity index (χ4n) is 7.88. The lowest BCUT2D eigenvalue weighted by molar-refractivity contribution is 0.416. The molecule has 0 amide bonds. The van der Waals surface area contributed by atoms with Gasteiger partial charge in [-0.2, -0.15) is 10.2 Å². The molecule has 0 aliphatic heterocycles. The van der Waals surface area contributed by atoms with Crippen molar-refractivity contribution in [2.24, 2.45) is 0 Å². The zero-order valence-corrected chi connectivity index (χ0v) is 39.3. The Bertz CT molecular complexity index is 2770. The van der Waals surface area contributed by atoms with Crippen LogP contribution in [0.15, 0.2) is 106 Å². The molecule has 2 fully saturated rings. The summed E-state index contributed by atoms with van der Waals surface area (Å²) in [5, 5.41) is 33.3. The molecule has 4 heterocycles. The van der Waals surface area contributed by atoms with E-state index < -0.39 is 0 Å². The SMILES string of the molecule is Cc1c(-c2nnc(C3CCC3)s2)nn(-c2ccccc2Cl)c1-c1ccc(Br)cc1.Cc1c(-c2nnc(C3CCCCC3)s2)nn(-c2ccccc2Cl)c1-c1ccc(Br)cc1. The monoisotopic (exact) mass is 996 g/mol. The van der Waals surface area contributed by atoms with Gasteiger partial charge in [0.1, 0.15) is 21.4 Å². The van der Waals surface area contributed by atoms with Crippen molar-refractivity contribution in [3.63, 3.8) is 0 Å². The third kappa shape index (κ3) is 8.43. The first kappa shape index (κ1) is 41.3. The largest absolute Gasteiger partial charge is 0.231 e. The zero-order chi connectivity index (χ0) is 41.3. The average molecular weight is 1000 g/mol. The maximum Gasteiger partial charge on any atom is 0.168 e. The first-order valence-electron chi connectivity index (χ1n) is 20.1. The molecule has 10 rings (SSSR count). The molecule has 0 unspecified atom stereocenters. The maximum atomic E-state index is 6.56. The number of hydrogen-bond donors (Lipinski definition) is 0. The Kier molecular flexibility index (Phi) is 12.5. The quantitative estimate of drug-likeness (QED) is 0.151. The summed E-state index contributed by atoms with van der Waals surface area (Å²) in [5.41, 5.74) is 9.79. The van der Waals surface area contributed by atoms with Gasteiger partial charge in [-0.1, -0.05) is 152 Å². The minimum Gasteiger partial charge on any atom is -0.231 e. The molecule has 4 aromatic heterocycles. The van der Waals surface area contributed by atoms with Crippen LogP contribution < -0.4 is 0 Å². The van der Waals surface area contributed by atoms with Gasteiger partial charge in [0, 0.05) is 43.0 Å². The number of benzene rings is 4. The first-order valence-corrected chi connectivity index (χ1v) is 24.1. The summed E-state index contributed by atoms with van der Waals surface area (Å²) in [5.74, 6) is 1.11. The van der Waals surface area contributed by atoms with E-state index in [0.717, 1.165) is 85.4 Å². The van der Waals surface area contributed by atoms with E-state index in [0.29, 0.717) is 21.9 Å². The highest BCUT2D eigenvalue weighted by Crippen LogP contribution is 2.43. The predicted octanol–water partition coefficient (Wildman–Crippen LogP) is 14.9. The molecule has 8 nitrogen and oxygen atoms in total. The van der Waals surface area contributed by atoms with Crippen molar-refractivity contribution in [3.8, 4) is 55.3 Å². The van der Waals surface area contributed by atoms with Crippen LogP contribution >= 0.6 is 77.7 Å². The Labute approximate surface area is 384 Å². The second kappa shape index (κ2) is 18.1. The van der Waals surface area contributed by atoms with Crippen LogP contribution in [0.3, 0.4) is 0 Å². The molecule has 0 bridgehead atoms. The van der Waals surface area contributed by atoms with Gasteiger partial charge in [0.25, 0.3) is 0 Å². The van der Waals surface area contributed by atoms with Crippen LogP contribution in [0.25, 0.3) is 55.3 Å². The van der Waals surface area contributed by atoms with E-state index in [9.17, 15) is 0 Å². The third-order valence-corrected chi connectivity index (χ3v) is 15.2. The molecule has 0 spiro atoms. The molecule has 2 aliphatic carbocycles. The smallest absolute Gasteiger partial charge is 0.168 e. The van der Waals surface area contributed by atoms with Gasteiger partial charge in [-0.25, -0.2) is 9.36 Å². The number of aromatic nitrogens is 8. The normalized spacial score (nSPS) is 14.5. The van der Waals surface area contributed by atoms with Crippen LogP contribution in [0.2, 0.25) is 10.0 Å². The van der Waals surface area contributed by atoms with Crippen molar-refractivity contribution >= 4 is 77.7 Å². The van der Waals surface area contributed by atoms with E-state index in [1.165, 1.54) is 51.4 Å². The van der Waals surface area contributed by atoms with Crippen molar-refractivity contribution in [1.82, 2.24) is 40.0 Å². The highest BCUT2D eigenvalue weighted by Gasteiger charge is 2.28. The number of hydrogen-bond acceptors (Lipinski definition) is 8. The van der Waals surface area contributed by atoms with E-state index >= 15 is 0 Å². The summed E-state index contributed by atoms with van der Waals surface area (Å²) in [6, 6.07) is 32.1. The first-order chi connectivity index (χ1) is 29.2. The summed E-state index contributed by atoms with van der Waals surface area (Å²) in [4.78, 5) is 0. The molecule has 0 radical (unpaired) electrons. The van der Waals surface area contributed by atoms with E-state index in [-0.39, 0.29) is 0 Å². The number of rotatable bonds is 8. The van der Waals surface area contributed by atoms with E-state index in [4.69, 9.17) is 33.4 Å². The van der Waals surface area contributed by atoms with Crippen LogP contribution in [0.1, 0.15) is 84.3 Å². The molecule has 0 atom stereocenters. The van der Waals surface area contributed by atoms with E-state index in [2.05, 4.69) is 90.4 Å². The fraction of sp³-hybridized carbons (Fsp3) is 0.261. The van der Waals surface area contributed by atoms with Crippen molar-refractivity contribution in [2.45, 2.75) is 77.0 Å². The van der Waals surface area contributed by atoms with Gasteiger partial charge in [-0.15, -0.1) is 20.4 Å². The lowest BCUT2D eigenvalue weighted by Crippen LogP contribution is -2.07. The van der Waals surface area contributed by atoms with Crippen LogP contribution in [0.4, 0.5) is 0 Å². The molecule has 14 heteroatoms. The van der Waals surface area contributed by atoms with Gasteiger partial charge in [0.15, 0.2) is 10.0 Å². The lowest BCUT2D eigenvalue weighted by Gasteiger charge is -2.21. The van der Waals surface area contributed by atoms with Gasteiger partial charge >= 0.3 is 0 Å². The Balaban J connectivity index is 0.000000154. The lowest BCUT2D eigenvalue weighted by atomic mass is 9.86. The van der Waals surface area contributed by atoms with Crippen LogP contribution in [-0.2, 0) is 0 Å². The minimum absolute atomic E-state index is 0.539. The Morgan fingerprint density at radius 1 is 0.517 bits per heavy atom. The summed E-state index contributed by atoms with van der Waals surface area (Å²) in [7, 11) is 0. The fourth-order valence-corrected chi connectivity index (χ4v) is 11.0. The van der Waals surface area contributed by atoms with Crippen molar-refractivity contribution in [1.29, 1.82) is 0 Å². The number of para-hydroxylation sites is 2. The van der Waals surface area contributed by atoms with Crippen molar-refractivity contribution < 1.29 is 0 Å². The summed E-state index contributed by atoms with van der Waals surface area (Å²) < 4.78 is 5.95. The predicted molar refractivity (Wildman–Crippen MR) is 253 cm³/mol. The number of halogens is 4. The standard InChI is InChI=1S/C24H22BrClN4S.C22H18BrClN4S/c1-15-21(24-28-27-23(31-24)17-7-3-2-4-8-17)29-30(20-10-6-5-9-19(20)26)22(15)16-11-13-18(25)14-12-16;1-13-19(22-26-25-21(29-22)15-5-4-6-15)27-28(18-8-3-2-7-17(18)24)20(13)14-9-11-16(23)12-10-14/h5-6,9-14,17H,2-4,7-8H2,1H3;2-3,7-12,15H,4-6H2,1H3. The average Bonchev–Trinajstić information content (AvgIpc) is 4.05. The van der Waals surface area contributed by atoms with Crippen molar-refractivity contribution in [3.05, 3.63) is 137 Å². The van der Waals surface area contributed by atoms with Crippen LogP contribution in [-0.4, -0.2) is 40.0 Å². The number of nitrogens with zero attached hydrogens (tertiary/aromatic N) is 8. The van der Waals surface area contributed by atoms with Gasteiger partial charge in [-0.3, -0.25) is 0 Å². The molecular formula is C46H40Br2Cl2N8S2. The summed E-state index contributed by atoms with van der Waals surface area (Å²) in [6.07, 6.45) is 10.0. The molecule has 60 heavy (non-hydrogen) atoms. The van der Waals surface area contributed by atoms with Gasteiger partial charge < -0.3 is 0 Å². The highest BCUT2D eigenvalue weighted by atomic mass is 79.9. The zero-order valence-electron chi connectivity index (χ0n) is 33.0. The van der Waals surface area contributed by atoms with Gasteiger partial charge in [0.05, 0.1) is 32.8 Å². The second-order valence-corrected chi connectivity index (χ2v) is 19.9. The molecule has 2 aliphatic rings. The Morgan fingerprint density at radius 3 is 1.30 bits per heavy atom. The van der Waals surface area contributed by atoms with Crippen LogP contribution in [0, 0.1) is 13.8 Å². The van der Waals surface area contributed by atoms with Crippen molar-refractivity contribution in [2.75, 3.05) is 0 Å². The van der Waals surface area contributed by atoms with Gasteiger partial charge in [0.2, 0.25) is 0 Å². The molecule has 0 N–H and O–H groups in total. The molecule has 4 aromatic carbocycles. The summed E-state index contributed by atoms with van der Waals surface area (Å²) in [6.45, 7) is 4.20. The van der Waals surface area contributed by atoms with E-state index in [1.54, 1.807) is 22.7 Å². The highest BCUT2D eigenvalue weighted by molar-refractivity contribution is 9.10. The Hall–Kier alpha value is -4.04. The molecule has 0 saturated heterocycles. The van der Waals surface area contributed by atoms with E-state index in [1.807, 2.05) is 82.2 Å². The second-order valence-electron chi connectivity index (χ2n) is 15.2. The molecule has 2 saturated carbocycles. The topological polar surface area (TPSA) is 87.2 Å².